The van der Waals surface area contributed by atoms with Gasteiger partial charge in [0, 0.05) is 18.8 Å². The van der Waals surface area contributed by atoms with Crippen LogP contribution in [0.25, 0.3) is 0 Å². The van der Waals surface area contributed by atoms with Gasteiger partial charge in [-0.2, -0.15) is 0 Å². The summed E-state index contributed by atoms with van der Waals surface area (Å²) in [7, 11) is 0. The van der Waals surface area contributed by atoms with E-state index in [-0.39, 0.29) is 71.2 Å². The van der Waals surface area contributed by atoms with Gasteiger partial charge in [0.1, 0.15) is 5.60 Å². The Morgan fingerprint density at radius 1 is 0.846 bits per heavy atom. The van der Waals surface area contributed by atoms with Crippen LogP contribution in [0, 0.1) is 93.7 Å². The second-order valence-electron chi connectivity index (χ2n) is 20.0. The van der Waals surface area contributed by atoms with Crippen molar-refractivity contribution in [1.29, 1.82) is 0 Å². The van der Waals surface area contributed by atoms with Crippen molar-refractivity contribution in [2.24, 2.45) is 93.7 Å². The fourth-order valence-corrected chi connectivity index (χ4v) is 15.8. The maximum atomic E-state index is 15.6. The SMILES string of the molecule is CC1C(=O)OC(=O)C1C1C2CCC(C2)C1C(C)(CC1C(C)C2CC1C1COC(=O)C21)C(=O)OC12CC3CC(C1)CC(C(=O)OC1CCCCO1)(C3)C2. The number of cyclic esters (lactones) is 3. The van der Waals surface area contributed by atoms with Gasteiger partial charge in [0.2, 0.25) is 6.29 Å². The van der Waals surface area contributed by atoms with Gasteiger partial charge >= 0.3 is 29.8 Å². The zero-order chi connectivity index (χ0) is 35.9. The first-order valence-corrected chi connectivity index (χ1v) is 20.9. The lowest BCUT2D eigenvalue weighted by atomic mass is 9.47. The molecule has 0 N–H and O–H groups in total. The van der Waals surface area contributed by atoms with Crippen molar-refractivity contribution in [3.63, 3.8) is 0 Å². The molecule has 8 aliphatic carbocycles. The molecule has 16 atom stereocenters. The molecule has 11 aliphatic rings. The van der Waals surface area contributed by atoms with E-state index in [1.54, 1.807) is 0 Å². The van der Waals surface area contributed by atoms with Crippen LogP contribution in [0.15, 0.2) is 0 Å². The van der Waals surface area contributed by atoms with Crippen molar-refractivity contribution in [3.05, 3.63) is 0 Å². The lowest BCUT2D eigenvalue weighted by molar-refractivity contribution is -0.234. The molecule has 0 aromatic carbocycles. The van der Waals surface area contributed by atoms with Crippen LogP contribution in [-0.4, -0.2) is 55.0 Å². The molecule has 3 aliphatic heterocycles. The third-order valence-electron chi connectivity index (χ3n) is 17.4. The monoisotopic (exact) mass is 720 g/mol. The summed E-state index contributed by atoms with van der Waals surface area (Å²) >= 11 is 0. The highest BCUT2D eigenvalue weighted by Crippen LogP contribution is 2.69. The summed E-state index contributed by atoms with van der Waals surface area (Å²) in [4.78, 5) is 68.7. The largest absolute Gasteiger partial charge is 0.465 e. The predicted molar refractivity (Wildman–Crippen MR) is 182 cm³/mol. The van der Waals surface area contributed by atoms with Crippen molar-refractivity contribution < 1.29 is 47.7 Å². The maximum Gasteiger partial charge on any atom is 0.317 e. The average Bonchev–Trinajstić information content (AvgIpc) is 3.95. The Kier molecular flexibility index (Phi) is 7.69. The molecule has 8 saturated carbocycles. The molecule has 52 heavy (non-hydrogen) atoms. The lowest BCUT2D eigenvalue weighted by Crippen LogP contribution is -2.61. The minimum atomic E-state index is -0.911. The Morgan fingerprint density at radius 2 is 1.62 bits per heavy atom. The molecule has 284 valence electrons. The number of ether oxygens (including phenoxy) is 5. The molecule has 3 saturated heterocycles. The first-order chi connectivity index (χ1) is 24.9. The molecule has 11 rings (SSSR count). The highest BCUT2D eigenvalue weighted by molar-refractivity contribution is 5.96. The van der Waals surface area contributed by atoms with Gasteiger partial charge in [-0.25, -0.2) is 0 Å². The van der Waals surface area contributed by atoms with Gasteiger partial charge in [-0.1, -0.05) is 13.8 Å². The van der Waals surface area contributed by atoms with Gasteiger partial charge in [-0.3, -0.25) is 24.0 Å². The normalized spacial score (nSPS) is 52.1. The summed E-state index contributed by atoms with van der Waals surface area (Å²) in [5.74, 6) is -0.317. The number of fused-ring (bicyclic) bond motifs is 7. The highest BCUT2D eigenvalue weighted by atomic mass is 16.7. The molecule has 0 radical (unpaired) electrons. The molecule has 0 aromatic rings. The first-order valence-electron chi connectivity index (χ1n) is 20.9. The van der Waals surface area contributed by atoms with E-state index in [1.807, 2.05) is 6.92 Å². The van der Waals surface area contributed by atoms with E-state index in [4.69, 9.17) is 23.7 Å². The van der Waals surface area contributed by atoms with Crippen molar-refractivity contribution in [2.45, 2.75) is 123 Å². The van der Waals surface area contributed by atoms with E-state index in [9.17, 15) is 19.2 Å². The number of carbonyl (C=O) groups is 5. The summed E-state index contributed by atoms with van der Waals surface area (Å²) in [6.07, 6.45) is 11.4. The second-order valence-corrected chi connectivity index (χ2v) is 20.0. The van der Waals surface area contributed by atoms with Crippen LogP contribution in [-0.2, 0) is 47.7 Å². The second kappa shape index (κ2) is 11.8. The Balaban J connectivity index is 0.987. The van der Waals surface area contributed by atoms with E-state index < -0.39 is 46.5 Å². The standard InChI is InChI=1S/C42H56O10/c1-20-26-12-27(29-18-49-36(44)33(26)29)28(20)17-40(3,34-25-8-7-24(11-25)32(34)31-21(2)35(43)51-37(31)45)38(46)52-42-15-22-10-23(16-42)14-41(13-22,19-42)39(47)50-30-6-4-5-9-48-30/h20-34H,4-19H2,1-3H3. The van der Waals surface area contributed by atoms with Crippen LogP contribution in [0.5, 0.6) is 0 Å². The van der Waals surface area contributed by atoms with Crippen LogP contribution >= 0.6 is 0 Å². The lowest BCUT2D eigenvalue weighted by Gasteiger charge is -2.60. The van der Waals surface area contributed by atoms with E-state index >= 15 is 4.79 Å². The highest BCUT2D eigenvalue weighted by Gasteiger charge is 2.69. The van der Waals surface area contributed by atoms with Crippen molar-refractivity contribution in [1.82, 2.24) is 0 Å². The van der Waals surface area contributed by atoms with E-state index in [0.717, 1.165) is 77.0 Å². The number of carbonyl (C=O) groups excluding carboxylic acids is 5. The molecule has 0 aromatic heterocycles. The third-order valence-corrected chi connectivity index (χ3v) is 17.4. The van der Waals surface area contributed by atoms with E-state index in [0.29, 0.717) is 43.8 Å². The smallest absolute Gasteiger partial charge is 0.317 e. The summed E-state index contributed by atoms with van der Waals surface area (Å²) in [6.45, 7) is 7.28. The summed E-state index contributed by atoms with van der Waals surface area (Å²) in [6, 6.07) is 0. The summed E-state index contributed by atoms with van der Waals surface area (Å²) in [5.41, 5.74) is -2.30. The summed E-state index contributed by atoms with van der Waals surface area (Å²) in [5, 5.41) is 0. The van der Waals surface area contributed by atoms with Gasteiger partial charge in [0.05, 0.1) is 41.8 Å². The van der Waals surface area contributed by atoms with Gasteiger partial charge < -0.3 is 23.7 Å². The van der Waals surface area contributed by atoms with Gasteiger partial charge in [0.25, 0.3) is 0 Å². The molecular formula is C42H56O10. The van der Waals surface area contributed by atoms with Gasteiger partial charge in [-0.15, -0.1) is 0 Å². The molecular weight excluding hydrogens is 664 g/mol. The molecule has 8 bridgehead atoms. The number of rotatable bonds is 8. The number of hydrogen-bond donors (Lipinski definition) is 0. The minimum absolute atomic E-state index is 0.0354. The molecule has 0 spiro atoms. The van der Waals surface area contributed by atoms with Crippen LogP contribution in [0.4, 0.5) is 0 Å². The molecule has 10 nitrogen and oxygen atoms in total. The van der Waals surface area contributed by atoms with E-state index in [1.165, 1.54) is 0 Å². The fraction of sp³-hybridized carbons (Fsp3) is 0.881. The van der Waals surface area contributed by atoms with E-state index in [2.05, 4.69) is 13.8 Å². The predicted octanol–water partition coefficient (Wildman–Crippen LogP) is 6.02. The molecule has 11 fully saturated rings. The van der Waals surface area contributed by atoms with Crippen molar-refractivity contribution in [3.8, 4) is 0 Å². The van der Waals surface area contributed by atoms with Crippen LogP contribution < -0.4 is 0 Å². The Bertz CT molecular complexity index is 1550. The third kappa shape index (κ3) is 4.85. The van der Waals surface area contributed by atoms with Gasteiger partial charge in [-0.05, 0) is 143 Å². The average molecular weight is 721 g/mol. The zero-order valence-electron chi connectivity index (χ0n) is 31.1. The first kappa shape index (κ1) is 34.0. The van der Waals surface area contributed by atoms with Crippen LogP contribution in [0.1, 0.15) is 111 Å². The molecule has 16 unspecified atom stereocenters. The van der Waals surface area contributed by atoms with Crippen molar-refractivity contribution >= 4 is 29.8 Å². The number of hydrogen-bond acceptors (Lipinski definition) is 10. The number of esters is 5. The Labute approximate surface area is 306 Å². The summed E-state index contributed by atoms with van der Waals surface area (Å²) < 4.78 is 29.8. The van der Waals surface area contributed by atoms with Gasteiger partial charge in [0.15, 0.2) is 0 Å². The molecule has 3 heterocycles. The molecule has 0 amide bonds. The quantitative estimate of drug-likeness (QED) is 0.167. The Morgan fingerprint density at radius 3 is 2.33 bits per heavy atom. The topological polar surface area (TPSA) is 132 Å². The minimum Gasteiger partial charge on any atom is -0.465 e. The zero-order valence-corrected chi connectivity index (χ0v) is 31.1. The van der Waals surface area contributed by atoms with Crippen LogP contribution in [0.2, 0.25) is 0 Å². The Hall–Kier alpha value is -2.49. The van der Waals surface area contributed by atoms with Crippen LogP contribution in [0.3, 0.4) is 0 Å². The maximum absolute atomic E-state index is 15.6. The van der Waals surface area contributed by atoms with Crippen molar-refractivity contribution in [2.75, 3.05) is 13.2 Å². The molecule has 10 heteroatoms. The fourth-order valence-electron chi connectivity index (χ4n) is 15.8.